The van der Waals surface area contributed by atoms with E-state index >= 15 is 0 Å². The molecular weight excluding hydrogens is 266 g/mol. The van der Waals surface area contributed by atoms with Crippen LogP contribution >= 0.6 is 0 Å². The molecule has 0 spiro atoms. The Morgan fingerprint density at radius 2 is 2.19 bits per heavy atom. The maximum absolute atomic E-state index is 5.89. The van der Waals surface area contributed by atoms with Crippen molar-refractivity contribution in [2.24, 2.45) is 11.1 Å². The number of rotatable bonds is 5. The van der Waals surface area contributed by atoms with Gasteiger partial charge in [0.25, 0.3) is 0 Å². The zero-order valence-corrected chi connectivity index (χ0v) is 12.6. The number of methoxy groups -OCH3 is 1. The lowest BCUT2D eigenvalue weighted by Crippen LogP contribution is -2.39. The molecule has 2 aromatic rings. The maximum atomic E-state index is 5.89. The van der Waals surface area contributed by atoms with Gasteiger partial charge in [0.1, 0.15) is 5.75 Å². The van der Waals surface area contributed by atoms with Gasteiger partial charge in [-0.2, -0.15) is 4.98 Å². The molecule has 21 heavy (non-hydrogen) atoms. The molecular formula is C16H21N3O2. The monoisotopic (exact) mass is 287 g/mol. The molecule has 0 radical (unpaired) electrons. The number of hydrogen-bond acceptors (Lipinski definition) is 5. The average Bonchev–Trinajstić information content (AvgIpc) is 2.91. The highest BCUT2D eigenvalue weighted by Gasteiger charge is 2.37. The highest BCUT2D eigenvalue weighted by molar-refractivity contribution is 5.64. The zero-order valence-electron chi connectivity index (χ0n) is 12.6. The fourth-order valence-electron chi connectivity index (χ4n) is 2.87. The molecule has 0 aliphatic heterocycles. The molecule has 1 aromatic carbocycles. The van der Waals surface area contributed by atoms with Crippen molar-refractivity contribution in [3.05, 3.63) is 29.7 Å². The van der Waals surface area contributed by atoms with E-state index in [9.17, 15) is 0 Å². The van der Waals surface area contributed by atoms with Crippen molar-refractivity contribution in [1.82, 2.24) is 10.1 Å². The number of hydrogen-bond donors (Lipinski definition) is 1. The first-order chi connectivity index (χ1) is 10.2. The van der Waals surface area contributed by atoms with E-state index in [2.05, 4.69) is 10.1 Å². The molecule has 0 bridgehead atoms. The Labute approximate surface area is 124 Å². The van der Waals surface area contributed by atoms with E-state index in [1.54, 1.807) is 7.11 Å². The Morgan fingerprint density at radius 1 is 1.38 bits per heavy atom. The third-order valence-corrected chi connectivity index (χ3v) is 4.44. The van der Waals surface area contributed by atoms with Gasteiger partial charge in [-0.3, -0.25) is 0 Å². The third kappa shape index (κ3) is 2.65. The summed E-state index contributed by atoms with van der Waals surface area (Å²) in [6.45, 7) is 2.70. The van der Waals surface area contributed by atoms with Crippen molar-refractivity contribution in [3.8, 4) is 17.1 Å². The molecule has 1 aliphatic rings. The third-order valence-electron chi connectivity index (χ3n) is 4.44. The van der Waals surface area contributed by atoms with Crippen LogP contribution in [0.25, 0.3) is 11.4 Å². The molecule has 1 aliphatic carbocycles. The van der Waals surface area contributed by atoms with Crippen molar-refractivity contribution < 1.29 is 9.26 Å². The minimum atomic E-state index is 0.168. The second-order valence-corrected chi connectivity index (χ2v) is 5.95. The van der Waals surface area contributed by atoms with Crippen molar-refractivity contribution in [2.75, 3.05) is 13.7 Å². The SMILES string of the molecule is COc1cc(C)ccc1-c1noc(CC2(CN)CCC2)n1. The lowest BCUT2D eigenvalue weighted by atomic mass is 9.67. The van der Waals surface area contributed by atoms with E-state index in [1.807, 2.05) is 25.1 Å². The molecule has 0 atom stereocenters. The molecule has 0 amide bonds. The number of aryl methyl sites for hydroxylation is 1. The quantitative estimate of drug-likeness (QED) is 0.915. The normalized spacial score (nSPS) is 16.5. The summed E-state index contributed by atoms with van der Waals surface area (Å²) < 4.78 is 10.8. The van der Waals surface area contributed by atoms with E-state index in [0.717, 1.165) is 36.1 Å². The van der Waals surface area contributed by atoms with Crippen LogP contribution in [0.2, 0.25) is 0 Å². The Balaban J connectivity index is 1.85. The highest BCUT2D eigenvalue weighted by Crippen LogP contribution is 2.42. The molecule has 5 nitrogen and oxygen atoms in total. The summed E-state index contributed by atoms with van der Waals surface area (Å²) in [5.41, 5.74) is 8.04. The van der Waals surface area contributed by atoms with E-state index in [1.165, 1.54) is 6.42 Å². The van der Waals surface area contributed by atoms with E-state index in [0.29, 0.717) is 18.3 Å². The summed E-state index contributed by atoms with van der Waals surface area (Å²) in [7, 11) is 1.65. The number of aromatic nitrogens is 2. The fraction of sp³-hybridized carbons (Fsp3) is 0.500. The summed E-state index contributed by atoms with van der Waals surface area (Å²) >= 11 is 0. The van der Waals surface area contributed by atoms with Crippen LogP contribution in [-0.4, -0.2) is 23.8 Å². The molecule has 1 heterocycles. The summed E-state index contributed by atoms with van der Waals surface area (Å²) in [4.78, 5) is 4.52. The molecule has 2 N–H and O–H groups in total. The predicted molar refractivity (Wildman–Crippen MR) is 80.1 cm³/mol. The number of nitrogens with zero attached hydrogens (tertiary/aromatic N) is 2. The largest absolute Gasteiger partial charge is 0.496 e. The van der Waals surface area contributed by atoms with Crippen LogP contribution < -0.4 is 10.5 Å². The molecule has 1 aromatic heterocycles. The predicted octanol–water partition coefficient (Wildman–Crippen LogP) is 2.73. The van der Waals surface area contributed by atoms with Gasteiger partial charge in [0.2, 0.25) is 11.7 Å². The van der Waals surface area contributed by atoms with Crippen LogP contribution in [0, 0.1) is 12.3 Å². The van der Waals surface area contributed by atoms with Crippen LogP contribution in [0.1, 0.15) is 30.7 Å². The first-order valence-corrected chi connectivity index (χ1v) is 7.33. The van der Waals surface area contributed by atoms with Gasteiger partial charge in [-0.05, 0) is 49.4 Å². The van der Waals surface area contributed by atoms with Crippen LogP contribution in [0.5, 0.6) is 5.75 Å². The van der Waals surface area contributed by atoms with Crippen LogP contribution in [0.3, 0.4) is 0 Å². The van der Waals surface area contributed by atoms with E-state index < -0.39 is 0 Å². The van der Waals surface area contributed by atoms with E-state index in [4.69, 9.17) is 15.0 Å². The number of ether oxygens (including phenoxy) is 1. The molecule has 0 unspecified atom stereocenters. The van der Waals surface area contributed by atoms with Gasteiger partial charge in [0.05, 0.1) is 12.7 Å². The van der Waals surface area contributed by atoms with Gasteiger partial charge in [0, 0.05) is 6.42 Å². The highest BCUT2D eigenvalue weighted by atomic mass is 16.5. The molecule has 1 fully saturated rings. The molecule has 0 saturated heterocycles. The molecule has 3 rings (SSSR count). The van der Waals surface area contributed by atoms with E-state index in [-0.39, 0.29) is 5.41 Å². The second kappa shape index (κ2) is 5.48. The summed E-state index contributed by atoms with van der Waals surface area (Å²) in [6, 6.07) is 5.95. The molecule has 5 heteroatoms. The topological polar surface area (TPSA) is 74.2 Å². The Hall–Kier alpha value is -1.88. The van der Waals surface area contributed by atoms with Gasteiger partial charge >= 0.3 is 0 Å². The molecule has 1 saturated carbocycles. The van der Waals surface area contributed by atoms with Crippen LogP contribution in [0.15, 0.2) is 22.7 Å². The van der Waals surface area contributed by atoms with Gasteiger partial charge in [0.15, 0.2) is 0 Å². The number of benzene rings is 1. The van der Waals surface area contributed by atoms with Crippen LogP contribution in [0.4, 0.5) is 0 Å². The van der Waals surface area contributed by atoms with Crippen molar-refractivity contribution >= 4 is 0 Å². The number of nitrogens with two attached hydrogens (primary N) is 1. The summed E-state index contributed by atoms with van der Waals surface area (Å²) in [5.74, 6) is 2.01. The van der Waals surface area contributed by atoms with Crippen LogP contribution in [-0.2, 0) is 6.42 Å². The zero-order chi connectivity index (χ0) is 14.9. The lowest BCUT2D eigenvalue weighted by Gasteiger charge is -2.39. The lowest BCUT2D eigenvalue weighted by molar-refractivity contribution is 0.129. The summed E-state index contributed by atoms with van der Waals surface area (Å²) in [6.07, 6.45) is 4.30. The maximum Gasteiger partial charge on any atom is 0.227 e. The Bertz CT molecular complexity index is 627. The fourth-order valence-corrected chi connectivity index (χ4v) is 2.87. The first kappa shape index (κ1) is 14.1. The van der Waals surface area contributed by atoms with Gasteiger partial charge < -0.3 is 15.0 Å². The Kier molecular flexibility index (Phi) is 3.68. The first-order valence-electron chi connectivity index (χ1n) is 7.33. The van der Waals surface area contributed by atoms with Gasteiger partial charge in [-0.15, -0.1) is 0 Å². The van der Waals surface area contributed by atoms with Gasteiger partial charge in [-0.1, -0.05) is 17.6 Å². The van der Waals surface area contributed by atoms with Crippen molar-refractivity contribution in [3.63, 3.8) is 0 Å². The Morgan fingerprint density at radius 3 is 2.81 bits per heavy atom. The summed E-state index contributed by atoms with van der Waals surface area (Å²) in [5, 5.41) is 4.09. The van der Waals surface area contributed by atoms with Gasteiger partial charge in [-0.25, -0.2) is 0 Å². The van der Waals surface area contributed by atoms with Crippen molar-refractivity contribution in [2.45, 2.75) is 32.6 Å². The standard InChI is InChI=1S/C16H21N3O2/c1-11-4-5-12(13(8-11)20-2)15-18-14(21-19-15)9-16(10-17)6-3-7-16/h4-5,8H,3,6-7,9-10,17H2,1-2H3. The average molecular weight is 287 g/mol. The smallest absolute Gasteiger partial charge is 0.227 e. The molecule has 112 valence electrons. The minimum absolute atomic E-state index is 0.168. The second-order valence-electron chi connectivity index (χ2n) is 5.95. The van der Waals surface area contributed by atoms with Crippen molar-refractivity contribution in [1.29, 1.82) is 0 Å². The minimum Gasteiger partial charge on any atom is -0.496 e.